The molecule has 4 aromatic carbocycles. The van der Waals surface area contributed by atoms with Crippen molar-refractivity contribution in [1.29, 1.82) is 0 Å². The highest BCUT2D eigenvalue weighted by Crippen LogP contribution is 2.55. The first kappa shape index (κ1) is 33.7. The summed E-state index contributed by atoms with van der Waals surface area (Å²) in [6.07, 6.45) is 3.22. The predicted molar refractivity (Wildman–Crippen MR) is 191 cm³/mol. The lowest BCUT2D eigenvalue weighted by Crippen LogP contribution is -2.35. The molecule has 50 heavy (non-hydrogen) atoms. The minimum absolute atomic E-state index is 0.00546. The first-order chi connectivity index (χ1) is 24.2. The van der Waals surface area contributed by atoms with E-state index in [9.17, 15) is 5.11 Å². The van der Waals surface area contributed by atoms with Crippen LogP contribution in [0.1, 0.15) is 45.5 Å². The predicted octanol–water partition coefficient (Wildman–Crippen LogP) is 6.76. The Bertz CT molecular complexity index is 1940. The number of likely N-dealkylation sites (N-methyl/N-ethyl adjacent to an activating group) is 2. The topological polar surface area (TPSA) is 91.3 Å². The number of ether oxygens (including phenoxy) is 7. The first-order valence-electron chi connectivity index (χ1n) is 17.0. The number of hydrogen-bond donors (Lipinski definition) is 1. The summed E-state index contributed by atoms with van der Waals surface area (Å²) in [5.41, 5.74) is 9.00. The summed E-state index contributed by atoms with van der Waals surface area (Å²) in [4.78, 5) is 4.75. The molecule has 0 fully saturated rings. The molecular formula is C40H46N2O8. The van der Waals surface area contributed by atoms with Crippen molar-refractivity contribution in [3.63, 3.8) is 0 Å². The van der Waals surface area contributed by atoms with Crippen LogP contribution < -0.4 is 33.2 Å². The second kappa shape index (κ2) is 13.5. The maximum atomic E-state index is 11.0. The third-order valence-electron chi connectivity index (χ3n) is 10.7. The second-order valence-corrected chi connectivity index (χ2v) is 13.2. The molecule has 0 spiro atoms. The number of phenolic OH excluding ortho intramolecular Hbond substituents is 1. The van der Waals surface area contributed by atoms with Gasteiger partial charge in [0.1, 0.15) is 0 Å². The molecule has 2 aliphatic heterocycles. The summed E-state index contributed by atoms with van der Waals surface area (Å²) in [7, 11) is 14.2. The molecule has 0 bridgehead atoms. The zero-order valence-corrected chi connectivity index (χ0v) is 30.1. The maximum absolute atomic E-state index is 11.0. The fourth-order valence-electron chi connectivity index (χ4n) is 8.10. The molecule has 10 heteroatoms. The number of rotatable bonds is 10. The van der Waals surface area contributed by atoms with Gasteiger partial charge in [-0.05, 0) is 110 Å². The molecule has 1 N–H and O–H groups in total. The highest BCUT2D eigenvalue weighted by atomic mass is 16.5. The van der Waals surface area contributed by atoms with Gasteiger partial charge in [-0.15, -0.1) is 0 Å². The average molecular weight is 683 g/mol. The van der Waals surface area contributed by atoms with Crippen LogP contribution in [0.15, 0.2) is 42.5 Å². The lowest BCUT2D eigenvalue weighted by Gasteiger charge is -2.40. The number of hydrogen-bond acceptors (Lipinski definition) is 10. The van der Waals surface area contributed by atoms with Gasteiger partial charge in [-0.2, -0.15) is 0 Å². The van der Waals surface area contributed by atoms with Crippen molar-refractivity contribution in [2.24, 2.45) is 0 Å². The molecule has 10 nitrogen and oxygen atoms in total. The van der Waals surface area contributed by atoms with Crippen LogP contribution in [0.25, 0.3) is 11.1 Å². The van der Waals surface area contributed by atoms with Crippen molar-refractivity contribution >= 4 is 0 Å². The highest BCUT2D eigenvalue weighted by Gasteiger charge is 2.37. The van der Waals surface area contributed by atoms with Gasteiger partial charge in [0, 0.05) is 36.3 Å². The molecule has 2 atom stereocenters. The van der Waals surface area contributed by atoms with E-state index in [-0.39, 0.29) is 23.6 Å². The number of nitrogens with zero attached hydrogens (tertiary/aromatic N) is 2. The van der Waals surface area contributed by atoms with Gasteiger partial charge in [0.2, 0.25) is 5.75 Å². The molecule has 0 saturated heterocycles. The minimum atomic E-state index is -0.00546. The Kier molecular flexibility index (Phi) is 9.09. The van der Waals surface area contributed by atoms with Crippen molar-refractivity contribution in [2.45, 2.75) is 37.8 Å². The molecule has 0 aromatic heterocycles. The van der Waals surface area contributed by atoms with E-state index < -0.39 is 0 Å². The van der Waals surface area contributed by atoms with Crippen LogP contribution in [0.2, 0.25) is 0 Å². The Balaban J connectivity index is 1.34. The Morgan fingerprint density at radius 1 is 0.640 bits per heavy atom. The van der Waals surface area contributed by atoms with Crippen LogP contribution in [-0.2, 0) is 25.7 Å². The summed E-state index contributed by atoms with van der Waals surface area (Å²) in [6, 6.07) is 14.1. The van der Waals surface area contributed by atoms with Crippen LogP contribution in [0.5, 0.6) is 51.7 Å². The number of aromatic hydroxyl groups is 1. The van der Waals surface area contributed by atoms with E-state index in [0.717, 1.165) is 66.1 Å². The molecule has 2 unspecified atom stereocenters. The Morgan fingerprint density at radius 3 is 1.96 bits per heavy atom. The number of phenols is 1. The summed E-state index contributed by atoms with van der Waals surface area (Å²) in [5.74, 6) is 4.63. The fourth-order valence-corrected chi connectivity index (χ4v) is 8.10. The monoisotopic (exact) mass is 682 g/mol. The van der Waals surface area contributed by atoms with E-state index in [4.69, 9.17) is 33.2 Å². The Hall–Kier alpha value is -4.80. The number of fused-ring (bicyclic) bond motifs is 3. The normalized spacial score (nSPS) is 18.0. The van der Waals surface area contributed by atoms with Gasteiger partial charge in [-0.1, -0.05) is 6.07 Å². The fraction of sp³-hybridized carbons (Fsp3) is 0.400. The highest BCUT2D eigenvalue weighted by molar-refractivity contribution is 5.85. The summed E-state index contributed by atoms with van der Waals surface area (Å²) >= 11 is 0. The third-order valence-corrected chi connectivity index (χ3v) is 10.7. The van der Waals surface area contributed by atoms with E-state index in [2.05, 4.69) is 48.2 Å². The van der Waals surface area contributed by atoms with Gasteiger partial charge in [0.25, 0.3) is 0 Å². The minimum Gasteiger partial charge on any atom is -0.504 e. The average Bonchev–Trinajstić information content (AvgIpc) is 3.13. The zero-order valence-electron chi connectivity index (χ0n) is 30.1. The molecule has 0 amide bonds. The SMILES string of the molecule is COc1cc2c(cc1OC)C(Cc1ccc(O)c(OC)c1Oc1cc3c(cc1OC)-c1c(OC)c(OC)cc4c1C(C3)N(C)CC4)N(C)CC2. The molecule has 0 radical (unpaired) electrons. The van der Waals surface area contributed by atoms with E-state index in [1.165, 1.54) is 22.3 Å². The quantitative estimate of drug-likeness (QED) is 0.194. The van der Waals surface area contributed by atoms with Gasteiger partial charge in [0.15, 0.2) is 46.0 Å². The second-order valence-electron chi connectivity index (χ2n) is 13.2. The lowest BCUT2D eigenvalue weighted by atomic mass is 9.76. The molecule has 264 valence electrons. The van der Waals surface area contributed by atoms with Crippen LogP contribution in [0.3, 0.4) is 0 Å². The van der Waals surface area contributed by atoms with Gasteiger partial charge < -0.3 is 38.3 Å². The number of methoxy groups -OCH3 is 6. The molecule has 0 saturated carbocycles. The van der Waals surface area contributed by atoms with Crippen LogP contribution in [0, 0.1) is 0 Å². The van der Waals surface area contributed by atoms with E-state index in [1.807, 2.05) is 12.1 Å². The lowest BCUT2D eigenvalue weighted by molar-refractivity contribution is 0.225. The van der Waals surface area contributed by atoms with Crippen molar-refractivity contribution in [3.8, 4) is 62.9 Å². The molecular weight excluding hydrogens is 636 g/mol. The largest absolute Gasteiger partial charge is 0.504 e. The van der Waals surface area contributed by atoms with Gasteiger partial charge in [-0.25, -0.2) is 0 Å². The smallest absolute Gasteiger partial charge is 0.203 e. The summed E-state index contributed by atoms with van der Waals surface area (Å²) in [6.45, 7) is 1.83. The summed E-state index contributed by atoms with van der Waals surface area (Å²) < 4.78 is 41.8. The molecule has 1 aliphatic carbocycles. The molecule has 7 rings (SSSR count). The third kappa shape index (κ3) is 5.51. The molecule has 3 aliphatic rings. The van der Waals surface area contributed by atoms with Crippen LogP contribution in [0.4, 0.5) is 0 Å². The zero-order chi connectivity index (χ0) is 35.3. The van der Waals surface area contributed by atoms with Crippen molar-refractivity contribution in [1.82, 2.24) is 9.80 Å². The maximum Gasteiger partial charge on any atom is 0.203 e. The van der Waals surface area contributed by atoms with Gasteiger partial charge in [-0.3, -0.25) is 9.80 Å². The van der Waals surface area contributed by atoms with E-state index in [1.54, 1.807) is 48.7 Å². The van der Waals surface area contributed by atoms with Crippen LogP contribution >= 0.6 is 0 Å². The van der Waals surface area contributed by atoms with Gasteiger partial charge in [0.05, 0.1) is 42.7 Å². The first-order valence-corrected chi connectivity index (χ1v) is 17.0. The van der Waals surface area contributed by atoms with E-state index in [0.29, 0.717) is 35.2 Å². The molecule has 2 heterocycles. The van der Waals surface area contributed by atoms with Gasteiger partial charge >= 0.3 is 0 Å². The standard InChI is InChI=1S/C40H46N2O8/c1-41-13-11-22-17-31(44-3)32(45-4)20-26(22)28(41)15-24-9-10-30(43)39(48-7)38(24)50-34-19-25-16-29-36-23(12-14-42(29)2)18-35(47-6)40(49-8)37(36)27(25)21-33(34)46-5/h9-10,17-21,28-29,43H,11-16H2,1-8H3. The van der Waals surface area contributed by atoms with Crippen molar-refractivity contribution in [2.75, 3.05) is 69.8 Å². The van der Waals surface area contributed by atoms with Crippen LogP contribution in [-0.4, -0.2) is 84.7 Å². The number of benzene rings is 4. The van der Waals surface area contributed by atoms with Crippen molar-refractivity contribution in [3.05, 3.63) is 75.8 Å². The van der Waals surface area contributed by atoms with E-state index >= 15 is 0 Å². The molecule has 4 aromatic rings. The Labute approximate surface area is 294 Å². The summed E-state index contributed by atoms with van der Waals surface area (Å²) in [5, 5.41) is 11.0. The van der Waals surface area contributed by atoms with Crippen molar-refractivity contribution < 1.29 is 38.3 Å². The Morgan fingerprint density at radius 2 is 1.26 bits per heavy atom.